The molecule has 1 aromatic heterocycles. The lowest BCUT2D eigenvalue weighted by Crippen LogP contribution is -2.34. The van der Waals surface area contributed by atoms with Crippen molar-refractivity contribution < 1.29 is 18.0 Å². The number of alkyl halides is 3. The molecule has 0 saturated carbocycles. The summed E-state index contributed by atoms with van der Waals surface area (Å²) in [6, 6.07) is 2.93. The normalized spacial score (nSPS) is 11.1. The van der Waals surface area contributed by atoms with Crippen molar-refractivity contribution in [3.8, 4) is 0 Å². The minimum atomic E-state index is -4.42. The third-order valence-corrected chi connectivity index (χ3v) is 2.04. The first-order chi connectivity index (χ1) is 8.44. The molecular formula is C11H14F3N3O. The smallest absolute Gasteiger partial charge is 0.369 e. The number of carbonyl (C=O) groups is 1. The molecule has 100 valence electrons. The molecule has 18 heavy (non-hydrogen) atoms. The summed E-state index contributed by atoms with van der Waals surface area (Å²) in [5, 5.41) is 4.70. The molecule has 0 fully saturated rings. The van der Waals surface area contributed by atoms with E-state index in [2.05, 4.69) is 10.3 Å². The first kappa shape index (κ1) is 14.3. The minimum absolute atomic E-state index is 0.107. The van der Waals surface area contributed by atoms with Crippen molar-refractivity contribution >= 4 is 11.7 Å². The number of nitrogens with zero attached hydrogens (tertiary/aromatic N) is 1. The summed E-state index contributed by atoms with van der Waals surface area (Å²) in [6.45, 7) is 1.17. The van der Waals surface area contributed by atoms with Gasteiger partial charge in [-0.15, -0.1) is 0 Å². The number of pyridine rings is 1. The summed E-state index contributed by atoms with van der Waals surface area (Å²) >= 11 is 0. The van der Waals surface area contributed by atoms with Gasteiger partial charge in [0.05, 0.1) is 5.56 Å². The number of rotatable bonds is 5. The van der Waals surface area contributed by atoms with E-state index >= 15 is 0 Å². The molecule has 1 rings (SSSR count). The number of aromatic nitrogens is 1. The SMILES string of the molecule is CCCNc1ncccc1C(=O)NCC(F)(F)F. The molecule has 4 nitrogen and oxygen atoms in total. The van der Waals surface area contributed by atoms with Crippen molar-refractivity contribution in [1.29, 1.82) is 0 Å². The van der Waals surface area contributed by atoms with E-state index < -0.39 is 18.6 Å². The second-order valence-corrected chi connectivity index (χ2v) is 3.62. The maximum absolute atomic E-state index is 12.0. The molecule has 7 heteroatoms. The molecule has 0 radical (unpaired) electrons. The van der Waals surface area contributed by atoms with Crippen molar-refractivity contribution in [3.05, 3.63) is 23.9 Å². The summed E-state index contributed by atoms with van der Waals surface area (Å²) in [6.07, 6.45) is -2.13. The summed E-state index contributed by atoms with van der Waals surface area (Å²) in [4.78, 5) is 15.5. The maximum atomic E-state index is 12.0. The van der Waals surface area contributed by atoms with Crippen LogP contribution < -0.4 is 10.6 Å². The molecule has 0 bridgehead atoms. The van der Waals surface area contributed by atoms with Gasteiger partial charge in [0.1, 0.15) is 12.4 Å². The predicted molar refractivity (Wildman–Crippen MR) is 61.4 cm³/mol. The monoisotopic (exact) mass is 261 g/mol. The Morgan fingerprint density at radius 3 is 2.78 bits per heavy atom. The molecule has 0 aliphatic carbocycles. The largest absolute Gasteiger partial charge is 0.405 e. The Morgan fingerprint density at radius 1 is 1.44 bits per heavy atom. The average molecular weight is 261 g/mol. The number of amides is 1. The molecule has 2 N–H and O–H groups in total. The van der Waals surface area contributed by atoms with E-state index in [0.29, 0.717) is 12.4 Å². The highest BCUT2D eigenvalue weighted by atomic mass is 19.4. The van der Waals surface area contributed by atoms with Gasteiger partial charge in [0, 0.05) is 12.7 Å². The predicted octanol–water partition coefficient (Wildman–Crippen LogP) is 2.20. The lowest BCUT2D eigenvalue weighted by Gasteiger charge is -2.11. The fourth-order valence-corrected chi connectivity index (χ4v) is 1.25. The lowest BCUT2D eigenvalue weighted by atomic mass is 10.2. The van der Waals surface area contributed by atoms with Gasteiger partial charge in [0.25, 0.3) is 5.91 Å². The van der Waals surface area contributed by atoms with Crippen LogP contribution in [0.3, 0.4) is 0 Å². The summed E-state index contributed by atoms with van der Waals surface area (Å²) < 4.78 is 36.0. The van der Waals surface area contributed by atoms with E-state index in [0.717, 1.165) is 6.42 Å². The Balaban J connectivity index is 2.72. The topological polar surface area (TPSA) is 54.0 Å². The van der Waals surface area contributed by atoms with Crippen molar-refractivity contribution in [2.75, 3.05) is 18.4 Å². The second kappa shape index (κ2) is 6.23. The molecule has 0 spiro atoms. The van der Waals surface area contributed by atoms with Crippen LogP contribution in [0.4, 0.5) is 19.0 Å². The zero-order valence-corrected chi connectivity index (χ0v) is 9.84. The molecule has 0 unspecified atom stereocenters. The van der Waals surface area contributed by atoms with Gasteiger partial charge in [-0.2, -0.15) is 13.2 Å². The number of anilines is 1. The van der Waals surface area contributed by atoms with Crippen LogP contribution in [0.15, 0.2) is 18.3 Å². The molecule has 0 atom stereocenters. The van der Waals surface area contributed by atoms with E-state index in [9.17, 15) is 18.0 Å². The maximum Gasteiger partial charge on any atom is 0.405 e. The minimum Gasteiger partial charge on any atom is -0.369 e. The Kier molecular flexibility index (Phi) is 4.94. The van der Waals surface area contributed by atoms with E-state index in [1.807, 2.05) is 12.2 Å². The van der Waals surface area contributed by atoms with Gasteiger partial charge in [-0.3, -0.25) is 4.79 Å². The van der Waals surface area contributed by atoms with E-state index in [4.69, 9.17) is 0 Å². The molecule has 0 aromatic carbocycles. The van der Waals surface area contributed by atoms with Crippen LogP contribution in [0.25, 0.3) is 0 Å². The van der Waals surface area contributed by atoms with Crippen LogP contribution in [0.2, 0.25) is 0 Å². The van der Waals surface area contributed by atoms with Crippen LogP contribution in [0, 0.1) is 0 Å². The van der Waals surface area contributed by atoms with Crippen LogP contribution >= 0.6 is 0 Å². The Morgan fingerprint density at radius 2 is 2.17 bits per heavy atom. The average Bonchev–Trinajstić information content (AvgIpc) is 2.33. The Bertz CT molecular complexity index is 407. The Labute approximate surface area is 103 Å². The third-order valence-electron chi connectivity index (χ3n) is 2.04. The van der Waals surface area contributed by atoms with E-state index in [-0.39, 0.29) is 5.56 Å². The van der Waals surface area contributed by atoms with Gasteiger partial charge in [-0.05, 0) is 18.6 Å². The van der Waals surface area contributed by atoms with Gasteiger partial charge in [-0.25, -0.2) is 4.98 Å². The van der Waals surface area contributed by atoms with Gasteiger partial charge >= 0.3 is 6.18 Å². The number of nitrogens with one attached hydrogen (secondary N) is 2. The first-order valence-electron chi connectivity index (χ1n) is 5.48. The fraction of sp³-hybridized carbons (Fsp3) is 0.455. The van der Waals surface area contributed by atoms with Crippen LogP contribution in [-0.2, 0) is 0 Å². The number of carbonyl (C=O) groups excluding carboxylic acids is 1. The summed E-state index contributed by atoms with van der Waals surface area (Å²) in [7, 11) is 0. The zero-order valence-electron chi connectivity index (χ0n) is 9.84. The van der Waals surface area contributed by atoms with Crippen molar-refractivity contribution in [1.82, 2.24) is 10.3 Å². The highest BCUT2D eigenvalue weighted by molar-refractivity contribution is 5.98. The van der Waals surface area contributed by atoms with E-state index in [1.54, 1.807) is 0 Å². The Hall–Kier alpha value is -1.79. The number of hydrogen-bond acceptors (Lipinski definition) is 3. The zero-order chi connectivity index (χ0) is 13.6. The van der Waals surface area contributed by atoms with Crippen LogP contribution in [-0.4, -0.2) is 30.2 Å². The van der Waals surface area contributed by atoms with Crippen molar-refractivity contribution in [2.45, 2.75) is 19.5 Å². The fourth-order valence-electron chi connectivity index (χ4n) is 1.25. The molecule has 0 aliphatic rings. The van der Waals surface area contributed by atoms with Crippen molar-refractivity contribution in [3.63, 3.8) is 0 Å². The molecule has 1 heterocycles. The van der Waals surface area contributed by atoms with Gasteiger partial charge in [-0.1, -0.05) is 6.92 Å². The van der Waals surface area contributed by atoms with Gasteiger partial charge < -0.3 is 10.6 Å². The quantitative estimate of drug-likeness (QED) is 0.854. The molecule has 0 aliphatic heterocycles. The highest BCUT2D eigenvalue weighted by Crippen LogP contribution is 2.14. The van der Waals surface area contributed by atoms with E-state index in [1.165, 1.54) is 18.3 Å². The summed E-state index contributed by atoms with van der Waals surface area (Å²) in [5.74, 6) is -0.502. The van der Waals surface area contributed by atoms with Gasteiger partial charge in [0.2, 0.25) is 0 Å². The van der Waals surface area contributed by atoms with Crippen LogP contribution in [0.5, 0.6) is 0 Å². The molecular weight excluding hydrogens is 247 g/mol. The number of hydrogen-bond donors (Lipinski definition) is 2. The highest BCUT2D eigenvalue weighted by Gasteiger charge is 2.28. The molecule has 1 aromatic rings. The second-order valence-electron chi connectivity index (χ2n) is 3.62. The van der Waals surface area contributed by atoms with Crippen molar-refractivity contribution in [2.24, 2.45) is 0 Å². The molecule has 1 amide bonds. The third kappa shape index (κ3) is 4.60. The standard InChI is InChI=1S/C11H14F3N3O/c1-2-5-15-9-8(4-3-6-16-9)10(18)17-7-11(12,13)14/h3-4,6H,2,5,7H2,1H3,(H,15,16)(H,17,18). The summed E-state index contributed by atoms with van der Waals surface area (Å²) in [5.41, 5.74) is 0.107. The van der Waals surface area contributed by atoms with Crippen LogP contribution in [0.1, 0.15) is 23.7 Å². The lowest BCUT2D eigenvalue weighted by molar-refractivity contribution is -0.123. The first-order valence-corrected chi connectivity index (χ1v) is 5.48. The van der Waals surface area contributed by atoms with Gasteiger partial charge in [0.15, 0.2) is 0 Å². The molecule has 0 saturated heterocycles. The number of halogens is 3.